The third kappa shape index (κ3) is 3.12. The smallest absolute Gasteiger partial charge is 0.224 e. The van der Waals surface area contributed by atoms with Crippen LogP contribution >= 0.6 is 11.6 Å². The summed E-state index contributed by atoms with van der Waals surface area (Å²) in [4.78, 5) is 22.0. The zero-order chi connectivity index (χ0) is 14.7. The van der Waals surface area contributed by atoms with Crippen LogP contribution in [0.1, 0.15) is 26.7 Å². The van der Waals surface area contributed by atoms with Crippen LogP contribution in [0.25, 0.3) is 0 Å². The van der Waals surface area contributed by atoms with Crippen molar-refractivity contribution < 1.29 is 4.79 Å². The number of anilines is 2. The highest BCUT2D eigenvalue weighted by atomic mass is 35.5. The summed E-state index contributed by atoms with van der Waals surface area (Å²) < 4.78 is 0. The van der Waals surface area contributed by atoms with Crippen LogP contribution < -0.4 is 16.0 Å². The van der Waals surface area contributed by atoms with E-state index in [0.29, 0.717) is 23.3 Å². The van der Waals surface area contributed by atoms with Gasteiger partial charge in [-0.1, -0.05) is 11.6 Å². The normalized spacial score (nSPS) is 22.6. The van der Waals surface area contributed by atoms with Crippen molar-refractivity contribution in [2.24, 2.45) is 11.7 Å². The van der Waals surface area contributed by atoms with Crippen molar-refractivity contribution in [1.29, 1.82) is 0 Å². The predicted molar refractivity (Wildman–Crippen MR) is 79.9 cm³/mol. The minimum absolute atomic E-state index is 0.153. The molecule has 1 saturated heterocycles. The van der Waals surface area contributed by atoms with Crippen LogP contribution in [-0.4, -0.2) is 35.0 Å². The van der Waals surface area contributed by atoms with Gasteiger partial charge in [0.25, 0.3) is 0 Å². The highest BCUT2D eigenvalue weighted by Crippen LogP contribution is 2.31. The number of hydrogen-bond acceptors (Lipinski definition) is 5. The first-order valence-electron chi connectivity index (χ1n) is 6.85. The molecule has 110 valence electrons. The molecular formula is C13H20ClN5O. The Hall–Kier alpha value is -1.56. The number of amides is 1. The van der Waals surface area contributed by atoms with Crippen molar-refractivity contribution in [2.75, 3.05) is 23.3 Å². The molecule has 2 atom stereocenters. The summed E-state index contributed by atoms with van der Waals surface area (Å²) in [6.45, 7) is 5.37. The highest BCUT2D eigenvalue weighted by Gasteiger charge is 2.30. The maximum atomic E-state index is 11.4. The molecule has 1 aromatic heterocycles. The second-order valence-corrected chi connectivity index (χ2v) is 5.48. The number of hydrogen-bond donors (Lipinski definition) is 2. The molecule has 1 fully saturated rings. The molecule has 0 aliphatic carbocycles. The molecule has 6 nitrogen and oxygen atoms in total. The maximum absolute atomic E-state index is 11.4. The third-order valence-corrected chi connectivity index (χ3v) is 3.88. The van der Waals surface area contributed by atoms with E-state index in [9.17, 15) is 4.79 Å². The molecule has 0 spiro atoms. The first kappa shape index (κ1) is 14.8. The zero-order valence-corrected chi connectivity index (χ0v) is 12.5. The number of aromatic nitrogens is 2. The molecule has 3 N–H and O–H groups in total. The van der Waals surface area contributed by atoms with Crippen molar-refractivity contribution in [2.45, 2.75) is 32.7 Å². The van der Waals surface area contributed by atoms with Crippen molar-refractivity contribution in [3.8, 4) is 0 Å². The molecule has 0 aromatic carbocycles. The van der Waals surface area contributed by atoms with Gasteiger partial charge in [-0.15, -0.1) is 0 Å². The number of carbonyl (C=O) groups is 1. The Balaban J connectivity index is 2.27. The Kier molecular flexibility index (Phi) is 4.65. The molecule has 2 unspecified atom stereocenters. The molecule has 1 amide bonds. The Labute approximate surface area is 123 Å². The molecular weight excluding hydrogens is 278 g/mol. The lowest BCUT2D eigenvalue weighted by Gasteiger charge is -2.38. The van der Waals surface area contributed by atoms with Gasteiger partial charge in [0.05, 0.1) is 12.1 Å². The van der Waals surface area contributed by atoms with E-state index < -0.39 is 0 Å². The largest absolute Gasteiger partial charge is 0.369 e. The Morgan fingerprint density at radius 2 is 2.35 bits per heavy atom. The topological polar surface area (TPSA) is 84.1 Å². The number of carbonyl (C=O) groups excluding carboxylic acids is 1. The second kappa shape index (κ2) is 6.26. The number of nitrogens with two attached hydrogens (primary N) is 1. The highest BCUT2D eigenvalue weighted by molar-refractivity contribution is 6.32. The zero-order valence-electron chi connectivity index (χ0n) is 11.8. The minimum Gasteiger partial charge on any atom is -0.369 e. The molecule has 1 aliphatic rings. The number of nitrogens with one attached hydrogen (secondary N) is 1. The van der Waals surface area contributed by atoms with E-state index >= 15 is 0 Å². The van der Waals surface area contributed by atoms with Gasteiger partial charge >= 0.3 is 0 Å². The number of halogens is 1. The van der Waals surface area contributed by atoms with Gasteiger partial charge in [0.1, 0.15) is 5.02 Å². The molecule has 2 rings (SSSR count). The van der Waals surface area contributed by atoms with Gasteiger partial charge in [-0.25, -0.2) is 4.98 Å². The van der Waals surface area contributed by atoms with Gasteiger partial charge < -0.3 is 16.0 Å². The molecule has 1 aliphatic heterocycles. The van der Waals surface area contributed by atoms with Crippen molar-refractivity contribution >= 4 is 29.3 Å². The Morgan fingerprint density at radius 3 is 3.00 bits per heavy atom. The van der Waals surface area contributed by atoms with E-state index in [0.717, 1.165) is 19.4 Å². The molecule has 7 heteroatoms. The van der Waals surface area contributed by atoms with Gasteiger partial charge in [-0.3, -0.25) is 4.79 Å². The second-order valence-electron chi connectivity index (χ2n) is 5.07. The fourth-order valence-corrected chi connectivity index (χ4v) is 2.64. The van der Waals surface area contributed by atoms with Crippen LogP contribution in [0.15, 0.2) is 6.20 Å². The van der Waals surface area contributed by atoms with Crippen molar-refractivity contribution in [1.82, 2.24) is 9.97 Å². The monoisotopic (exact) mass is 297 g/mol. The van der Waals surface area contributed by atoms with E-state index in [1.54, 1.807) is 6.20 Å². The number of nitrogens with zero attached hydrogens (tertiary/aromatic N) is 3. The van der Waals surface area contributed by atoms with Gasteiger partial charge in [0.2, 0.25) is 11.9 Å². The van der Waals surface area contributed by atoms with E-state index in [4.69, 9.17) is 17.3 Å². The van der Waals surface area contributed by atoms with Gasteiger partial charge in [0.15, 0.2) is 5.82 Å². The summed E-state index contributed by atoms with van der Waals surface area (Å²) >= 11 is 6.21. The summed E-state index contributed by atoms with van der Waals surface area (Å²) in [6.07, 6.45) is 3.29. The lowest BCUT2D eigenvalue weighted by Crippen LogP contribution is -2.46. The van der Waals surface area contributed by atoms with Crippen LogP contribution in [0.2, 0.25) is 5.02 Å². The molecule has 0 bridgehead atoms. The van der Waals surface area contributed by atoms with Gasteiger partial charge in [0, 0.05) is 19.1 Å². The van der Waals surface area contributed by atoms with E-state index in [1.807, 2.05) is 11.8 Å². The van der Waals surface area contributed by atoms with Crippen molar-refractivity contribution in [3.05, 3.63) is 11.2 Å². The first-order chi connectivity index (χ1) is 9.52. The number of primary amides is 1. The molecule has 0 radical (unpaired) electrons. The minimum atomic E-state index is -0.265. The summed E-state index contributed by atoms with van der Waals surface area (Å²) in [5.74, 6) is 0.787. The number of rotatable bonds is 4. The molecule has 0 saturated carbocycles. The predicted octanol–water partition coefficient (Wildman–Crippen LogP) is 1.65. The van der Waals surface area contributed by atoms with Crippen LogP contribution in [-0.2, 0) is 4.79 Å². The van der Waals surface area contributed by atoms with Crippen molar-refractivity contribution in [3.63, 3.8) is 0 Å². The van der Waals surface area contributed by atoms with Gasteiger partial charge in [-0.2, -0.15) is 4.98 Å². The third-order valence-electron chi connectivity index (χ3n) is 3.62. The molecule has 20 heavy (non-hydrogen) atoms. The van der Waals surface area contributed by atoms with Crippen LogP contribution in [0.4, 0.5) is 11.8 Å². The van der Waals surface area contributed by atoms with Crippen LogP contribution in [0, 0.1) is 5.92 Å². The number of piperidine rings is 1. The standard InChI is InChI=1S/C13H20ClN5O/c1-3-16-13-17-6-10(14)12(18-13)19-7-9(11(15)20)5-4-8(19)2/h6,8-9H,3-5,7H2,1-2H3,(H2,15,20)(H,16,17,18). The quantitative estimate of drug-likeness (QED) is 0.883. The summed E-state index contributed by atoms with van der Waals surface area (Å²) in [5.41, 5.74) is 5.42. The fourth-order valence-electron chi connectivity index (χ4n) is 2.44. The SMILES string of the molecule is CCNc1ncc(Cl)c(N2CC(C(N)=O)CCC2C)n1. The molecule has 2 heterocycles. The molecule has 1 aromatic rings. The fraction of sp³-hybridized carbons (Fsp3) is 0.615. The lowest BCUT2D eigenvalue weighted by molar-refractivity contribution is -0.122. The summed E-state index contributed by atoms with van der Waals surface area (Å²) in [7, 11) is 0. The lowest BCUT2D eigenvalue weighted by atomic mass is 9.93. The average molecular weight is 298 g/mol. The van der Waals surface area contributed by atoms with Crippen LogP contribution in [0.3, 0.4) is 0 Å². The maximum Gasteiger partial charge on any atom is 0.224 e. The van der Waals surface area contributed by atoms with E-state index in [1.165, 1.54) is 0 Å². The first-order valence-corrected chi connectivity index (χ1v) is 7.23. The summed E-state index contributed by atoms with van der Waals surface area (Å²) in [6, 6.07) is 0.271. The van der Waals surface area contributed by atoms with E-state index in [2.05, 4.69) is 22.2 Å². The van der Waals surface area contributed by atoms with Crippen LogP contribution in [0.5, 0.6) is 0 Å². The van der Waals surface area contributed by atoms with E-state index in [-0.39, 0.29) is 17.9 Å². The summed E-state index contributed by atoms with van der Waals surface area (Å²) in [5, 5.41) is 3.55. The van der Waals surface area contributed by atoms with Gasteiger partial charge in [-0.05, 0) is 26.7 Å². The Morgan fingerprint density at radius 1 is 1.60 bits per heavy atom. The Bertz CT molecular complexity index is 496. The average Bonchev–Trinajstić information content (AvgIpc) is 2.42.